The Hall–Kier alpha value is -3.20. The third-order valence-corrected chi connectivity index (χ3v) is 7.33. The summed E-state index contributed by atoms with van der Waals surface area (Å²) in [5.41, 5.74) is 3.22. The first kappa shape index (κ1) is 27.8. The van der Waals surface area contributed by atoms with Crippen LogP contribution in [0.2, 0.25) is 5.02 Å². The minimum Gasteiger partial charge on any atom is -0.356 e. The number of piperidine rings is 1. The fraction of sp³-hybridized carbons (Fsp3) is 0.379. The number of halogens is 2. The highest BCUT2D eigenvalue weighted by molar-refractivity contribution is 6.33. The molecule has 0 aliphatic carbocycles. The van der Waals surface area contributed by atoms with Gasteiger partial charge in [0.2, 0.25) is 0 Å². The van der Waals surface area contributed by atoms with E-state index in [4.69, 9.17) is 21.1 Å². The van der Waals surface area contributed by atoms with Gasteiger partial charge in [-0.3, -0.25) is 9.59 Å². The van der Waals surface area contributed by atoms with Gasteiger partial charge >= 0.3 is 0 Å². The number of pyridine rings is 1. The van der Waals surface area contributed by atoms with Crippen molar-refractivity contribution in [3.63, 3.8) is 0 Å². The van der Waals surface area contributed by atoms with E-state index in [1.165, 1.54) is 22.8 Å². The summed E-state index contributed by atoms with van der Waals surface area (Å²) in [6.07, 6.45) is 3.13. The number of rotatable bonds is 9. The Morgan fingerprint density at radius 3 is 2.42 bits per heavy atom. The first-order chi connectivity index (χ1) is 18.3. The van der Waals surface area contributed by atoms with Gasteiger partial charge in [0, 0.05) is 52.5 Å². The van der Waals surface area contributed by atoms with Crippen LogP contribution in [-0.4, -0.2) is 49.0 Å². The molecule has 2 heterocycles. The van der Waals surface area contributed by atoms with Crippen LogP contribution in [0.15, 0.2) is 59.5 Å². The second kappa shape index (κ2) is 12.6. The molecule has 4 rings (SSSR count). The van der Waals surface area contributed by atoms with Crippen LogP contribution in [0.4, 0.5) is 15.8 Å². The lowest BCUT2D eigenvalue weighted by molar-refractivity contribution is -0.108. The molecule has 1 N–H and O–H groups in total. The monoisotopic (exact) mass is 541 g/mol. The summed E-state index contributed by atoms with van der Waals surface area (Å²) < 4.78 is 25.4. The van der Waals surface area contributed by atoms with Gasteiger partial charge in [-0.15, -0.1) is 0 Å². The number of carbonyl (C=O) groups excluding carboxylic acids is 1. The number of carbonyl (C=O) groups is 1. The number of hydrogen-bond donors (Lipinski definition) is 1. The third-order valence-electron chi connectivity index (χ3n) is 7.00. The number of nitrogens with one attached hydrogen (secondary N) is 1. The molecule has 2 aromatic carbocycles. The number of likely N-dealkylation sites (tertiary alicyclic amines) is 1. The molecule has 1 amide bonds. The van der Waals surface area contributed by atoms with E-state index in [1.807, 2.05) is 31.2 Å². The van der Waals surface area contributed by atoms with E-state index in [0.29, 0.717) is 48.0 Å². The number of aromatic nitrogens is 1. The second-order valence-corrected chi connectivity index (χ2v) is 9.96. The first-order valence-corrected chi connectivity index (χ1v) is 13.0. The first-order valence-electron chi connectivity index (χ1n) is 12.7. The van der Waals surface area contributed by atoms with E-state index in [9.17, 15) is 14.0 Å². The van der Waals surface area contributed by atoms with Gasteiger partial charge in [-0.2, -0.15) is 0 Å². The number of amides is 1. The predicted molar refractivity (Wildman–Crippen MR) is 147 cm³/mol. The maximum absolute atomic E-state index is 13.8. The number of aryl methyl sites for hydroxylation is 2. The SMILES string of the molecule is COC(CCn1cc(C(=O)N2CCC(c3ccc(F)cc3)CC2)c(Nc2cc(C)ccc2Cl)cc1=O)OC. The van der Waals surface area contributed by atoms with Crippen molar-refractivity contribution in [3.8, 4) is 0 Å². The molecule has 1 aliphatic rings. The molecule has 0 unspecified atom stereocenters. The van der Waals surface area contributed by atoms with Crippen LogP contribution in [0.3, 0.4) is 0 Å². The maximum Gasteiger partial charge on any atom is 0.257 e. The highest BCUT2D eigenvalue weighted by atomic mass is 35.5. The Labute approximate surface area is 227 Å². The largest absolute Gasteiger partial charge is 0.356 e. The van der Waals surface area contributed by atoms with Gasteiger partial charge < -0.3 is 24.3 Å². The number of anilines is 2. The highest BCUT2D eigenvalue weighted by Crippen LogP contribution is 2.31. The maximum atomic E-state index is 13.8. The van der Waals surface area contributed by atoms with Crippen molar-refractivity contribution in [2.24, 2.45) is 0 Å². The van der Waals surface area contributed by atoms with Crippen LogP contribution >= 0.6 is 11.6 Å². The quantitative estimate of drug-likeness (QED) is 0.351. The van der Waals surface area contributed by atoms with Crippen molar-refractivity contribution in [1.29, 1.82) is 0 Å². The zero-order chi connectivity index (χ0) is 27.2. The van der Waals surface area contributed by atoms with Crippen molar-refractivity contribution in [2.45, 2.75) is 44.9 Å². The van der Waals surface area contributed by atoms with Gasteiger partial charge in [-0.05, 0) is 61.1 Å². The molecule has 1 aromatic heterocycles. The Morgan fingerprint density at radius 1 is 1.08 bits per heavy atom. The number of benzene rings is 2. The van der Waals surface area contributed by atoms with Crippen LogP contribution in [0.25, 0.3) is 0 Å². The molecule has 0 bridgehead atoms. The number of hydrogen-bond acceptors (Lipinski definition) is 5. The average molecular weight is 542 g/mol. The van der Waals surface area contributed by atoms with Gasteiger partial charge in [-0.25, -0.2) is 4.39 Å². The van der Waals surface area contributed by atoms with Crippen LogP contribution < -0.4 is 10.9 Å². The van der Waals surface area contributed by atoms with Crippen LogP contribution in [-0.2, 0) is 16.0 Å². The molecule has 1 saturated heterocycles. The van der Waals surface area contributed by atoms with Crippen LogP contribution in [0.5, 0.6) is 0 Å². The summed E-state index contributed by atoms with van der Waals surface area (Å²) in [4.78, 5) is 28.6. The van der Waals surface area contributed by atoms with Gasteiger partial charge in [0.15, 0.2) is 6.29 Å². The number of ether oxygens (including phenoxy) is 2. The summed E-state index contributed by atoms with van der Waals surface area (Å²) >= 11 is 6.41. The van der Waals surface area contributed by atoms with Gasteiger partial charge in [0.25, 0.3) is 11.5 Å². The molecule has 9 heteroatoms. The summed E-state index contributed by atoms with van der Waals surface area (Å²) in [6.45, 7) is 3.38. The van der Waals surface area contributed by atoms with E-state index in [2.05, 4.69) is 5.32 Å². The summed E-state index contributed by atoms with van der Waals surface area (Å²) in [5.74, 6) is -0.164. The molecule has 3 aromatic rings. The zero-order valence-corrected chi connectivity index (χ0v) is 22.6. The van der Waals surface area contributed by atoms with Crippen molar-refractivity contribution in [2.75, 3.05) is 32.6 Å². The smallest absolute Gasteiger partial charge is 0.257 e. The molecular weight excluding hydrogens is 509 g/mol. The number of methoxy groups -OCH3 is 2. The molecule has 1 aliphatic heterocycles. The molecular formula is C29H33ClFN3O4. The lowest BCUT2D eigenvalue weighted by Crippen LogP contribution is -2.39. The van der Waals surface area contributed by atoms with Crippen LogP contribution in [0.1, 0.15) is 46.7 Å². The van der Waals surface area contributed by atoms with Gasteiger partial charge in [0.1, 0.15) is 5.82 Å². The normalized spacial score (nSPS) is 14.2. The Balaban J connectivity index is 1.60. The van der Waals surface area contributed by atoms with Crippen molar-refractivity contribution in [1.82, 2.24) is 9.47 Å². The molecule has 38 heavy (non-hydrogen) atoms. The molecule has 1 fully saturated rings. The van der Waals surface area contributed by atoms with E-state index >= 15 is 0 Å². The predicted octanol–water partition coefficient (Wildman–Crippen LogP) is 5.72. The third kappa shape index (κ3) is 6.62. The van der Waals surface area contributed by atoms with Crippen molar-refractivity contribution < 1.29 is 18.7 Å². The fourth-order valence-corrected chi connectivity index (χ4v) is 4.96. The highest BCUT2D eigenvalue weighted by Gasteiger charge is 2.27. The zero-order valence-electron chi connectivity index (χ0n) is 21.9. The summed E-state index contributed by atoms with van der Waals surface area (Å²) in [6, 6.07) is 13.6. The minimum atomic E-state index is -0.463. The molecule has 0 radical (unpaired) electrons. The standard InChI is InChI=1S/C29H33ClFN3O4/c1-19-4-9-24(30)26(16-19)32-25-17-27(35)34(15-12-28(37-2)38-3)18-23(25)29(36)33-13-10-21(11-14-33)20-5-7-22(31)8-6-20/h4-9,16-18,21,28,32H,10-15H2,1-3H3. The average Bonchev–Trinajstić information content (AvgIpc) is 2.92. The van der Waals surface area contributed by atoms with Gasteiger partial charge in [0.05, 0.1) is 22.0 Å². The summed E-state index contributed by atoms with van der Waals surface area (Å²) in [7, 11) is 3.08. The molecule has 0 atom stereocenters. The Morgan fingerprint density at radius 2 is 1.76 bits per heavy atom. The molecule has 0 saturated carbocycles. The van der Waals surface area contributed by atoms with Crippen molar-refractivity contribution >= 4 is 28.9 Å². The van der Waals surface area contributed by atoms with E-state index < -0.39 is 6.29 Å². The van der Waals surface area contributed by atoms with Gasteiger partial charge in [-0.1, -0.05) is 29.8 Å². The fourth-order valence-electron chi connectivity index (χ4n) is 4.80. The molecule has 202 valence electrons. The molecule has 0 spiro atoms. The van der Waals surface area contributed by atoms with E-state index in [1.54, 1.807) is 31.4 Å². The number of nitrogens with zero attached hydrogens (tertiary/aromatic N) is 2. The van der Waals surface area contributed by atoms with Crippen molar-refractivity contribution in [3.05, 3.63) is 92.6 Å². The van der Waals surface area contributed by atoms with E-state index in [-0.39, 0.29) is 23.2 Å². The Kier molecular flexibility index (Phi) is 9.20. The molecule has 7 nitrogen and oxygen atoms in total. The van der Waals surface area contributed by atoms with Crippen LogP contribution in [0, 0.1) is 12.7 Å². The topological polar surface area (TPSA) is 72.8 Å². The lowest BCUT2D eigenvalue weighted by Gasteiger charge is -2.33. The lowest BCUT2D eigenvalue weighted by atomic mass is 9.89. The Bertz CT molecular complexity index is 1320. The minimum absolute atomic E-state index is 0.169. The van der Waals surface area contributed by atoms with E-state index in [0.717, 1.165) is 24.0 Å². The summed E-state index contributed by atoms with van der Waals surface area (Å²) in [5, 5.41) is 3.71. The second-order valence-electron chi connectivity index (χ2n) is 9.55.